The summed E-state index contributed by atoms with van der Waals surface area (Å²) in [6.45, 7) is 6.44. The summed E-state index contributed by atoms with van der Waals surface area (Å²) in [7, 11) is 0. The average molecular weight is 172 g/mol. The molecule has 12 heavy (non-hydrogen) atoms. The zero-order valence-electron chi connectivity index (χ0n) is 8.39. The van der Waals surface area contributed by atoms with Gasteiger partial charge in [0.05, 0.1) is 0 Å². The van der Waals surface area contributed by atoms with Crippen LogP contribution < -0.4 is 0 Å². The summed E-state index contributed by atoms with van der Waals surface area (Å²) in [4.78, 5) is 10.4. The minimum atomic E-state index is -0.672. The Bertz CT molecular complexity index is 129. The largest absolute Gasteiger partial charge is 0.481 e. The summed E-state index contributed by atoms with van der Waals surface area (Å²) in [5.74, 6) is -0.672. The van der Waals surface area contributed by atoms with Crippen molar-refractivity contribution in [1.82, 2.24) is 0 Å². The third-order valence-corrected chi connectivity index (χ3v) is 3.12. The maximum Gasteiger partial charge on any atom is 0.303 e. The van der Waals surface area contributed by atoms with Gasteiger partial charge >= 0.3 is 5.97 Å². The maximum atomic E-state index is 10.4. The number of carbonyl (C=O) groups is 1. The van der Waals surface area contributed by atoms with Crippen molar-refractivity contribution in [1.29, 1.82) is 0 Å². The fourth-order valence-corrected chi connectivity index (χ4v) is 1.65. The Morgan fingerprint density at radius 1 is 1.17 bits per heavy atom. The molecular weight excluding hydrogens is 152 g/mol. The van der Waals surface area contributed by atoms with E-state index in [1.165, 1.54) is 0 Å². The summed E-state index contributed by atoms with van der Waals surface area (Å²) in [5.41, 5.74) is 0.276. The first-order valence-electron chi connectivity index (χ1n) is 4.82. The minimum Gasteiger partial charge on any atom is -0.481 e. The number of rotatable bonds is 6. The van der Waals surface area contributed by atoms with Crippen LogP contribution in [0.4, 0.5) is 0 Å². The van der Waals surface area contributed by atoms with Crippen LogP contribution in [0, 0.1) is 5.41 Å². The van der Waals surface area contributed by atoms with Gasteiger partial charge in [-0.1, -0.05) is 40.0 Å². The average Bonchev–Trinajstić information content (AvgIpc) is 2.08. The Balaban J connectivity index is 4.01. The van der Waals surface area contributed by atoms with Gasteiger partial charge in [0.1, 0.15) is 0 Å². The fourth-order valence-electron chi connectivity index (χ4n) is 1.65. The lowest BCUT2D eigenvalue weighted by Crippen LogP contribution is -2.19. The predicted molar refractivity (Wildman–Crippen MR) is 50.2 cm³/mol. The van der Waals surface area contributed by atoms with Crippen molar-refractivity contribution in [3.8, 4) is 0 Å². The highest BCUT2D eigenvalue weighted by atomic mass is 16.4. The molecule has 0 fully saturated rings. The van der Waals surface area contributed by atoms with Gasteiger partial charge < -0.3 is 5.11 Å². The smallest absolute Gasteiger partial charge is 0.303 e. The van der Waals surface area contributed by atoms with Gasteiger partial charge in [-0.05, 0) is 11.8 Å². The topological polar surface area (TPSA) is 37.3 Å². The highest BCUT2D eigenvalue weighted by Crippen LogP contribution is 2.35. The standard InChI is InChI=1S/C10H20O2/c1-4-10(5-2,6-3)8-7-9(11)12/h4-8H2,1-3H3,(H,11,12). The van der Waals surface area contributed by atoms with E-state index < -0.39 is 5.97 Å². The van der Waals surface area contributed by atoms with E-state index in [9.17, 15) is 4.79 Å². The number of hydrogen-bond acceptors (Lipinski definition) is 1. The number of hydrogen-bond donors (Lipinski definition) is 1. The number of aliphatic carboxylic acids is 1. The van der Waals surface area contributed by atoms with Crippen LogP contribution >= 0.6 is 0 Å². The van der Waals surface area contributed by atoms with Crippen LogP contribution in [0.5, 0.6) is 0 Å². The summed E-state index contributed by atoms with van der Waals surface area (Å²) in [6, 6.07) is 0. The number of carboxylic acid groups (broad SMARTS) is 1. The van der Waals surface area contributed by atoms with Crippen molar-refractivity contribution in [3.63, 3.8) is 0 Å². The van der Waals surface area contributed by atoms with E-state index in [2.05, 4.69) is 20.8 Å². The van der Waals surface area contributed by atoms with Gasteiger partial charge in [-0.25, -0.2) is 0 Å². The Morgan fingerprint density at radius 2 is 1.58 bits per heavy atom. The molecular formula is C10H20O2. The van der Waals surface area contributed by atoms with Crippen LogP contribution in [-0.4, -0.2) is 11.1 Å². The van der Waals surface area contributed by atoms with Gasteiger partial charge in [-0.3, -0.25) is 4.79 Å². The highest BCUT2D eigenvalue weighted by molar-refractivity contribution is 5.66. The Kier molecular flexibility index (Phi) is 4.95. The molecule has 0 spiro atoms. The summed E-state index contributed by atoms with van der Waals surface area (Å²) in [5, 5.41) is 8.56. The molecule has 0 unspecified atom stereocenters. The highest BCUT2D eigenvalue weighted by Gasteiger charge is 2.24. The quantitative estimate of drug-likeness (QED) is 0.668. The second-order valence-corrected chi connectivity index (χ2v) is 3.45. The molecule has 1 N–H and O–H groups in total. The van der Waals surface area contributed by atoms with Crippen LogP contribution in [0.3, 0.4) is 0 Å². The Hall–Kier alpha value is -0.530. The molecule has 0 aromatic rings. The lowest BCUT2D eigenvalue weighted by molar-refractivity contribution is -0.137. The van der Waals surface area contributed by atoms with E-state index in [0.29, 0.717) is 6.42 Å². The normalized spacial score (nSPS) is 11.6. The van der Waals surface area contributed by atoms with Gasteiger partial charge in [0.25, 0.3) is 0 Å². The van der Waals surface area contributed by atoms with Crippen LogP contribution in [0.15, 0.2) is 0 Å². The molecule has 2 nitrogen and oxygen atoms in total. The van der Waals surface area contributed by atoms with Crippen molar-refractivity contribution < 1.29 is 9.90 Å². The van der Waals surface area contributed by atoms with E-state index in [1.54, 1.807) is 0 Å². The first-order chi connectivity index (χ1) is 5.60. The minimum absolute atomic E-state index is 0.276. The van der Waals surface area contributed by atoms with Crippen LogP contribution in [0.2, 0.25) is 0 Å². The molecule has 72 valence electrons. The molecule has 0 aromatic heterocycles. The molecule has 0 saturated carbocycles. The molecule has 0 aliphatic heterocycles. The van der Waals surface area contributed by atoms with Crippen molar-refractivity contribution in [2.45, 2.75) is 52.9 Å². The molecule has 0 radical (unpaired) electrons. The van der Waals surface area contributed by atoms with E-state index in [-0.39, 0.29) is 5.41 Å². The number of carboxylic acids is 1. The second-order valence-electron chi connectivity index (χ2n) is 3.45. The van der Waals surface area contributed by atoms with E-state index in [0.717, 1.165) is 25.7 Å². The first-order valence-corrected chi connectivity index (χ1v) is 4.82. The lowest BCUT2D eigenvalue weighted by atomic mass is 9.76. The molecule has 0 atom stereocenters. The maximum absolute atomic E-state index is 10.4. The van der Waals surface area contributed by atoms with Crippen molar-refractivity contribution in [2.75, 3.05) is 0 Å². The Morgan fingerprint density at radius 3 is 1.83 bits per heavy atom. The predicted octanol–water partition coefficient (Wildman–Crippen LogP) is 3.07. The van der Waals surface area contributed by atoms with Crippen LogP contribution in [-0.2, 0) is 4.79 Å². The molecule has 0 aromatic carbocycles. The summed E-state index contributed by atoms with van der Waals surface area (Å²) >= 11 is 0. The van der Waals surface area contributed by atoms with Gasteiger partial charge in [0.15, 0.2) is 0 Å². The molecule has 0 heterocycles. The molecule has 0 aliphatic rings. The molecule has 0 saturated heterocycles. The molecule has 0 aliphatic carbocycles. The SMILES string of the molecule is CCC(CC)(CC)CCC(=O)O. The monoisotopic (exact) mass is 172 g/mol. The third kappa shape index (κ3) is 3.24. The molecule has 0 rings (SSSR count). The van der Waals surface area contributed by atoms with Gasteiger partial charge in [0, 0.05) is 6.42 Å². The van der Waals surface area contributed by atoms with Gasteiger partial charge in [-0.15, -0.1) is 0 Å². The van der Waals surface area contributed by atoms with Gasteiger partial charge in [0.2, 0.25) is 0 Å². The Labute approximate surface area is 75.0 Å². The molecule has 2 heteroatoms. The van der Waals surface area contributed by atoms with Crippen LogP contribution in [0.25, 0.3) is 0 Å². The second kappa shape index (κ2) is 5.18. The molecule has 0 amide bonds. The van der Waals surface area contributed by atoms with Crippen molar-refractivity contribution in [2.24, 2.45) is 5.41 Å². The third-order valence-electron chi connectivity index (χ3n) is 3.12. The zero-order valence-corrected chi connectivity index (χ0v) is 8.39. The van der Waals surface area contributed by atoms with E-state index in [1.807, 2.05) is 0 Å². The lowest BCUT2D eigenvalue weighted by Gasteiger charge is -2.29. The fraction of sp³-hybridized carbons (Fsp3) is 0.900. The zero-order chi connectivity index (χ0) is 9.61. The van der Waals surface area contributed by atoms with E-state index in [4.69, 9.17) is 5.11 Å². The first kappa shape index (κ1) is 11.5. The van der Waals surface area contributed by atoms with Crippen LogP contribution in [0.1, 0.15) is 52.9 Å². The summed E-state index contributed by atoms with van der Waals surface area (Å²) in [6.07, 6.45) is 4.41. The molecule has 0 bridgehead atoms. The van der Waals surface area contributed by atoms with Gasteiger partial charge in [-0.2, -0.15) is 0 Å². The summed E-state index contributed by atoms with van der Waals surface area (Å²) < 4.78 is 0. The van der Waals surface area contributed by atoms with Crippen molar-refractivity contribution >= 4 is 5.97 Å². The van der Waals surface area contributed by atoms with Crippen molar-refractivity contribution in [3.05, 3.63) is 0 Å². The van der Waals surface area contributed by atoms with E-state index >= 15 is 0 Å².